The predicted octanol–water partition coefficient (Wildman–Crippen LogP) is 2.23. The third-order valence-corrected chi connectivity index (χ3v) is 3.12. The lowest BCUT2D eigenvalue weighted by atomic mass is 10.1. The Morgan fingerprint density at radius 2 is 2.17 bits per heavy atom. The Labute approximate surface area is 138 Å². The molecule has 24 heavy (non-hydrogen) atoms. The number of carboxylic acid groups (broad SMARTS) is 1. The van der Waals surface area contributed by atoms with Gasteiger partial charge in [0.25, 0.3) is 5.91 Å². The second-order valence-electron chi connectivity index (χ2n) is 4.80. The molecule has 0 saturated carbocycles. The van der Waals surface area contributed by atoms with Gasteiger partial charge in [-0.1, -0.05) is 0 Å². The van der Waals surface area contributed by atoms with Gasteiger partial charge in [0.1, 0.15) is 5.56 Å². The standard InChI is InChI=1S/C17H15N3O4/c1-2-24-17-13(4-3-7-19-17)16(23)20-14-6-5-11(10-18)8-12(14)9-15(21)22/h3-8H,2,9H2,1H3,(H,20,23)(H,21,22). The Morgan fingerprint density at radius 3 is 2.83 bits per heavy atom. The molecule has 1 aromatic heterocycles. The molecule has 0 aliphatic rings. The van der Waals surface area contributed by atoms with E-state index < -0.39 is 11.9 Å². The number of hydrogen-bond acceptors (Lipinski definition) is 5. The van der Waals surface area contributed by atoms with Crippen molar-refractivity contribution in [2.24, 2.45) is 0 Å². The molecule has 1 aromatic carbocycles. The Balaban J connectivity index is 2.32. The SMILES string of the molecule is CCOc1ncccc1C(=O)Nc1ccc(C#N)cc1CC(=O)O. The molecule has 0 aliphatic heterocycles. The largest absolute Gasteiger partial charge is 0.481 e. The lowest BCUT2D eigenvalue weighted by Crippen LogP contribution is -2.16. The quantitative estimate of drug-likeness (QED) is 0.842. The maximum atomic E-state index is 12.5. The molecule has 0 atom stereocenters. The van der Waals surface area contributed by atoms with Gasteiger partial charge in [0.15, 0.2) is 0 Å². The van der Waals surface area contributed by atoms with E-state index in [0.717, 1.165) is 0 Å². The van der Waals surface area contributed by atoms with Gasteiger partial charge in [-0.25, -0.2) is 4.98 Å². The van der Waals surface area contributed by atoms with Gasteiger partial charge in [-0.2, -0.15) is 5.26 Å². The summed E-state index contributed by atoms with van der Waals surface area (Å²) in [5.74, 6) is -1.33. The minimum atomic E-state index is -1.06. The number of anilines is 1. The van der Waals surface area contributed by atoms with Crippen molar-refractivity contribution in [3.05, 3.63) is 53.2 Å². The van der Waals surface area contributed by atoms with E-state index in [-0.39, 0.29) is 17.9 Å². The van der Waals surface area contributed by atoms with Gasteiger partial charge in [-0.05, 0) is 42.8 Å². The van der Waals surface area contributed by atoms with Crippen LogP contribution in [0.25, 0.3) is 0 Å². The summed E-state index contributed by atoms with van der Waals surface area (Å²) in [6.07, 6.45) is 1.20. The van der Waals surface area contributed by atoms with Crippen LogP contribution in [0.3, 0.4) is 0 Å². The highest BCUT2D eigenvalue weighted by Crippen LogP contribution is 2.21. The summed E-state index contributed by atoms with van der Waals surface area (Å²) in [7, 11) is 0. The molecule has 0 aliphatic carbocycles. The summed E-state index contributed by atoms with van der Waals surface area (Å²) in [5.41, 5.74) is 1.23. The second-order valence-corrected chi connectivity index (χ2v) is 4.80. The Kier molecular flexibility index (Phi) is 5.47. The lowest BCUT2D eigenvalue weighted by Gasteiger charge is -2.12. The fourth-order valence-electron chi connectivity index (χ4n) is 2.10. The molecule has 0 bridgehead atoms. The summed E-state index contributed by atoms with van der Waals surface area (Å²) in [6, 6.07) is 9.57. The van der Waals surface area contributed by atoms with Crippen molar-refractivity contribution < 1.29 is 19.4 Å². The Bertz CT molecular complexity index is 812. The first-order valence-corrected chi connectivity index (χ1v) is 7.19. The highest BCUT2D eigenvalue weighted by Gasteiger charge is 2.16. The summed E-state index contributed by atoms with van der Waals surface area (Å²) in [6.45, 7) is 2.14. The molecule has 122 valence electrons. The number of nitriles is 1. The van der Waals surface area contributed by atoms with Crippen LogP contribution < -0.4 is 10.1 Å². The number of carboxylic acids is 1. The molecular weight excluding hydrogens is 310 g/mol. The first-order chi connectivity index (χ1) is 11.5. The monoisotopic (exact) mass is 325 g/mol. The summed E-state index contributed by atoms with van der Waals surface area (Å²) in [4.78, 5) is 27.5. The number of ether oxygens (including phenoxy) is 1. The van der Waals surface area contributed by atoms with Crippen molar-refractivity contribution in [1.82, 2.24) is 4.98 Å². The van der Waals surface area contributed by atoms with E-state index in [2.05, 4.69) is 10.3 Å². The van der Waals surface area contributed by atoms with Crippen LogP contribution in [-0.4, -0.2) is 28.6 Å². The molecule has 2 aromatic rings. The number of aliphatic carboxylic acids is 1. The van der Waals surface area contributed by atoms with Crippen molar-refractivity contribution in [1.29, 1.82) is 5.26 Å². The maximum Gasteiger partial charge on any atom is 0.307 e. The van der Waals surface area contributed by atoms with Crippen LogP contribution in [0.4, 0.5) is 5.69 Å². The first-order valence-electron chi connectivity index (χ1n) is 7.19. The van der Waals surface area contributed by atoms with Crippen molar-refractivity contribution in [3.8, 4) is 11.9 Å². The number of hydrogen-bond donors (Lipinski definition) is 2. The van der Waals surface area contributed by atoms with E-state index in [1.165, 1.54) is 24.4 Å². The molecule has 1 amide bonds. The van der Waals surface area contributed by atoms with Gasteiger partial charge < -0.3 is 15.2 Å². The summed E-state index contributed by atoms with van der Waals surface area (Å²) in [5, 5.41) is 20.6. The van der Waals surface area contributed by atoms with E-state index in [4.69, 9.17) is 15.1 Å². The van der Waals surface area contributed by atoms with Crippen LogP contribution in [-0.2, 0) is 11.2 Å². The summed E-state index contributed by atoms with van der Waals surface area (Å²) < 4.78 is 5.32. The fraction of sp³-hybridized carbons (Fsp3) is 0.176. The lowest BCUT2D eigenvalue weighted by molar-refractivity contribution is -0.136. The molecular formula is C17H15N3O4. The molecule has 0 fully saturated rings. The zero-order valence-corrected chi connectivity index (χ0v) is 12.9. The van der Waals surface area contributed by atoms with E-state index in [9.17, 15) is 9.59 Å². The number of aromatic nitrogens is 1. The van der Waals surface area contributed by atoms with Gasteiger partial charge in [0.05, 0.1) is 24.7 Å². The molecule has 2 rings (SSSR count). The third-order valence-electron chi connectivity index (χ3n) is 3.12. The number of nitrogens with one attached hydrogen (secondary N) is 1. The fourth-order valence-corrected chi connectivity index (χ4v) is 2.10. The average Bonchev–Trinajstić information content (AvgIpc) is 2.56. The summed E-state index contributed by atoms with van der Waals surface area (Å²) >= 11 is 0. The van der Waals surface area contributed by atoms with Gasteiger partial charge in [0.2, 0.25) is 5.88 Å². The zero-order valence-electron chi connectivity index (χ0n) is 12.9. The van der Waals surface area contributed by atoms with E-state index in [1.54, 1.807) is 19.1 Å². The van der Waals surface area contributed by atoms with Gasteiger partial charge in [-0.3, -0.25) is 9.59 Å². The van der Waals surface area contributed by atoms with Gasteiger partial charge >= 0.3 is 5.97 Å². The van der Waals surface area contributed by atoms with Crippen LogP contribution in [0, 0.1) is 11.3 Å². The molecule has 0 saturated heterocycles. The molecule has 0 radical (unpaired) electrons. The second kappa shape index (κ2) is 7.74. The zero-order chi connectivity index (χ0) is 17.5. The van der Waals surface area contributed by atoms with Crippen molar-refractivity contribution in [3.63, 3.8) is 0 Å². The Hall–Kier alpha value is -3.40. The van der Waals surface area contributed by atoms with Crippen molar-refractivity contribution in [2.75, 3.05) is 11.9 Å². The van der Waals surface area contributed by atoms with E-state index in [1.807, 2.05) is 6.07 Å². The third kappa shape index (κ3) is 4.08. The number of rotatable bonds is 6. The number of amides is 1. The van der Waals surface area contributed by atoms with Gasteiger partial charge in [0, 0.05) is 11.9 Å². The van der Waals surface area contributed by atoms with Crippen LogP contribution in [0.2, 0.25) is 0 Å². The predicted molar refractivity (Wildman–Crippen MR) is 85.9 cm³/mol. The minimum Gasteiger partial charge on any atom is -0.481 e. The molecule has 0 unspecified atom stereocenters. The molecule has 1 heterocycles. The van der Waals surface area contributed by atoms with Crippen LogP contribution in [0.15, 0.2) is 36.5 Å². The Morgan fingerprint density at radius 1 is 1.38 bits per heavy atom. The average molecular weight is 325 g/mol. The van der Waals surface area contributed by atoms with Crippen LogP contribution in [0.5, 0.6) is 5.88 Å². The maximum absolute atomic E-state index is 12.5. The van der Waals surface area contributed by atoms with Crippen molar-refractivity contribution in [2.45, 2.75) is 13.3 Å². The van der Waals surface area contributed by atoms with Crippen molar-refractivity contribution >= 4 is 17.6 Å². The van der Waals surface area contributed by atoms with E-state index in [0.29, 0.717) is 23.4 Å². The number of carbonyl (C=O) groups is 2. The topological polar surface area (TPSA) is 112 Å². The number of carbonyl (C=O) groups excluding carboxylic acids is 1. The van der Waals surface area contributed by atoms with Gasteiger partial charge in [-0.15, -0.1) is 0 Å². The highest BCUT2D eigenvalue weighted by atomic mass is 16.5. The highest BCUT2D eigenvalue weighted by molar-refractivity contribution is 6.06. The molecule has 0 spiro atoms. The smallest absolute Gasteiger partial charge is 0.307 e. The van der Waals surface area contributed by atoms with E-state index >= 15 is 0 Å². The minimum absolute atomic E-state index is 0.200. The number of nitrogens with zero attached hydrogens (tertiary/aromatic N) is 2. The number of pyridine rings is 1. The van der Waals surface area contributed by atoms with Crippen LogP contribution >= 0.6 is 0 Å². The normalized spacial score (nSPS) is 9.83. The molecule has 7 heteroatoms. The number of benzene rings is 1. The molecule has 2 N–H and O–H groups in total. The first kappa shape index (κ1) is 17.0. The van der Waals surface area contributed by atoms with Crippen LogP contribution in [0.1, 0.15) is 28.4 Å². The molecule has 7 nitrogen and oxygen atoms in total.